The van der Waals surface area contributed by atoms with Gasteiger partial charge in [-0.2, -0.15) is 0 Å². The molecule has 0 radical (unpaired) electrons. The molecular formula is C12H20FN3. The minimum Gasteiger partial charge on any atom is -0.381 e. The number of aromatic nitrogens is 2. The third-order valence-electron chi connectivity index (χ3n) is 2.32. The summed E-state index contributed by atoms with van der Waals surface area (Å²) in [4.78, 5) is 5.93. The van der Waals surface area contributed by atoms with Gasteiger partial charge in [0, 0.05) is 44.6 Å². The van der Waals surface area contributed by atoms with Crippen molar-refractivity contribution in [1.29, 1.82) is 0 Å². The summed E-state index contributed by atoms with van der Waals surface area (Å²) >= 11 is 0. The minimum atomic E-state index is -0.146. The molecule has 0 aliphatic rings. The molecular weight excluding hydrogens is 205 g/mol. The third-order valence-corrected chi connectivity index (χ3v) is 2.32. The Labute approximate surface area is 96.6 Å². The van der Waals surface area contributed by atoms with Crippen LogP contribution in [0, 0.1) is 6.92 Å². The Hall–Kier alpha value is -1.32. The predicted molar refractivity (Wildman–Crippen MR) is 63.9 cm³/mol. The summed E-state index contributed by atoms with van der Waals surface area (Å²) in [5.74, 6) is 0.787. The van der Waals surface area contributed by atoms with Gasteiger partial charge in [0.2, 0.25) is 0 Å². The monoisotopic (exact) mass is 225 g/mol. The molecule has 0 bridgehead atoms. The van der Waals surface area contributed by atoms with Crippen LogP contribution in [0.15, 0.2) is 18.2 Å². The summed E-state index contributed by atoms with van der Waals surface area (Å²) in [5, 5.41) is 0. The van der Waals surface area contributed by atoms with Crippen molar-refractivity contribution in [2.45, 2.75) is 33.2 Å². The molecule has 90 valence electrons. The van der Waals surface area contributed by atoms with Gasteiger partial charge in [0.25, 0.3) is 0 Å². The summed E-state index contributed by atoms with van der Waals surface area (Å²) in [6.07, 6.45) is 3.54. The zero-order valence-electron chi connectivity index (χ0n) is 10.7. The van der Waals surface area contributed by atoms with Crippen LogP contribution >= 0.6 is 0 Å². The largest absolute Gasteiger partial charge is 0.381 e. The van der Waals surface area contributed by atoms with E-state index in [4.69, 9.17) is 0 Å². The van der Waals surface area contributed by atoms with Gasteiger partial charge in [0.1, 0.15) is 11.7 Å². The number of nitrogens with zero attached hydrogens (tertiary/aromatic N) is 3. The van der Waals surface area contributed by atoms with Gasteiger partial charge >= 0.3 is 0 Å². The third kappa shape index (κ3) is 3.08. The van der Waals surface area contributed by atoms with E-state index in [1.807, 2.05) is 21.0 Å². The summed E-state index contributed by atoms with van der Waals surface area (Å²) in [6.45, 7) is 6.09. The number of imidazole rings is 1. The fourth-order valence-corrected chi connectivity index (χ4v) is 1.84. The molecule has 16 heavy (non-hydrogen) atoms. The van der Waals surface area contributed by atoms with E-state index in [2.05, 4.69) is 23.4 Å². The molecule has 0 N–H and O–H groups in total. The number of aryl methyl sites for hydroxylation is 1. The van der Waals surface area contributed by atoms with Crippen molar-refractivity contribution in [3.05, 3.63) is 29.7 Å². The van der Waals surface area contributed by atoms with Gasteiger partial charge in [-0.1, -0.05) is 0 Å². The zero-order valence-corrected chi connectivity index (χ0v) is 10.7. The lowest BCUT2D eigenvalue weighted by molar-refractivity contribution is 0.499. The van der Waals surface area contributed by atoms with E-state index in [1.165, 1.54) is 6.20 Å². The van der Waals surface area contributed by atoms with Crippen LogP contribution in [0.25, 0.3) is 0 Å². The van der Waals surface area contributed by atoms with Gasteiger partial charge in [-0.15, -0.1) is 0 Å². The maximum atomic E-state index is 13.6. The number of hydrogen-bond acceptors (Lipinski definition) is 2. The van der Waals surface area contributed by atoms with Gasteiger partial charge in [-0.3, -0.25) is 0 Å². The second-order valence-corrected chi connectivity index (χ2v) is 4.48. The lowest BCUT2D eigenvalue weighted by Crippen LogP contribution is -2.09. The van der Waals surface area contributed by atoms with E-state index >= 15 is 0 Å². The molecule has 4 heteroatoms. The Morgan fingerprint density at radius 3 is 2.69 bits per heavy atom. The van der Waals surface area contributed by atoms with Gasteiger partial charge < -0.3 is 9.47 Å². The molecule has 1 aromatic heterocycles. The first kappa shape index (κ1) is 12.7. The van der Waals surface area contributed by atoms with Gasteiger partial charge in [-0.25, -0.2) is 9.37 Å². The highest BCUT2D eigenvalue weighted by molar-refractivity contribution is 5.12. The van der Waals surface area contributed by atoms with Crippen molar-refractivity contribution in [3.63, 3.8) is 0 Å². The maximum absolute atomic E-state index is 13.6. The Morgan fingerprint density at radius 2 is 2.19 bits per heavy atom. The van der Waals surface area contributed by atoms with Crippen LogP contribution in [0.2, 0.25) is 0 Å². The Morgan fingerprint density at radius 1 is 1.56 bits per heavy atom. The normalized spacial score (nSPS) is 12.3. The standard InChI is InChI=1S/C12H20FN3/c1-9(2)16-10(3)14-7-12(16)6-11(13)8-15(4)5/h7-9H,6H2,1-5H3/b11-8-. The second kappa shape index (κ2) is 5.14. The molecule has 0 aliphatic heterocycles. The summed E-state index contributed by atoms with van der Waals surface area (Å²) in [7, 11) is 3.62. The second-order valence-electron chi connectivity index (χ2n) is 4.48. The van der Waals surface area contributed by atoms with Crippen LogP contribution in [-0.2, 0) is 6.42 Å². The molecule has 1 rings (SSSR count). The van der Waals surface area contributed by atoms with Crippen molar-refractivity contribution in [2.24, 2.45) is 0 Å². The maximum Gasteiger partial charge on any atom is 0.122 e. The summed E-state index contributed by atoms with van der Waals surface area (Å²) < 4.78 is 15.6. The predicted octanol–water partition coefficient (Wildman–Crippen LogP) is 2.69. The lowest BCUT2D eigenvalue weighted by Gasteiger charge is -2.14. The van der Waals surface area contributed by atoms with Crippen LogP contribution in [0.1, 0.15) is 31.4 Å². The topological polar surface area (TPSA) is 21.1 Å². The molecule has 3 nitrogen and oxygen atoms in total. The smallest absolute Gasteiger partial charge is 0.122 e. The molecule has 0 saturated heterocycles. The van der Waals surface area contributed by atoms with E-state index in [0.717, 1.165) is 11.5 Å². The fourth-order valence-electron chi connectivity index (χ4n) is 1.84. The van der Waals surface area contributed by atoms with E-state index in [9.17, 15) is 4.39 Å². The van der Waals surface area contributed by atoms with Crippen molar-refractivity contribution in [2.75, 3.05) is 14.1 Å². The highest BCUT2D eigenvalue weighted by atomic mass is 19.1. The number of halogens is 1. The van der Waals surface area contributed by atoms with Crippen LogP contribution in [-0.4, -0.2) is 28.5 Å². The van der Waals surface area contributed by atoms with E-state index in [1.54, 1.807) is 11.1 Å². The Bertz CT molecular complexity index is 378. The van der Waals surface area contributed by atoms with E-state index in [-0.39, 0.29) is 5.83 Å². The van der Waals surface area contributed by atoms with E-state index in [0.29, 0.717) is 12.5 Å². The molecule has 0 spiro atoms. The fraction of sp³-hybridized carbons (Fsp3) is 0.583. The highest BCUT2D eigenvalue weighted by Gasteiger charge is 2.11. The Balaban J connectivity index is 2.90. The molecule has 0 aromatic carbocycles. The lowest BCUT2D eigenvalue weighted by atomic mass is 10.2. The van der Waals surface area contributed by atoms with Crippen molar-refractivity contribution >= 4 is 0 Å². The quantitative estimate of drug-likeness (QED) is 0.785. The Kier molecular flexibility index (Phi) is 4.10. The van der Waals surface area contributed by atoms with Crippen LogP contribution in [0.3, 0.4) is 0 Å². The summed E-state index contributed by atoms with van der Waals surface area (Å²) in [5.41, 5.74) is 0.920. The first-order valence-electron chi connectivity index (χ1n) is 5.47. The van der Waals surface area contributed by atoms with Gasteiger partial charge in [-0.05, 0) is 20.8 Å². The SMILES string of the molecule is Cc1ncc(C/C(F)=C/N(C)C)n1C(C)C. The van der Waals surface area contributed by atoms with Crippen LogP contribution in [0.4, 0.5) is 4.39 Å². The van der Waals surface area contributed by atoms with Crippen LogP contribution in [0.5, 0.6) is 0 Å². The van der Waals surface area contributed by atoms with Crippen molar-refractivity contribution < 1.29 is 4.39 Å². The highest BCUT2D eigenvalue weighted by Crippen LogP contribution is 2.17. The molecule has 0 atom stereocenters. The molecule has 0 saturated carbocycles. The number of allylic oxidation sites excluding steroid dienone is 1. The molecule has 1 heterocycles. The number of rotatable bonds is 4. The first-order valence-corrected chi connectivity index (χ1v) is 5.47. The summed E-state index contributed by atoms with van der Waals surface area (Å²) in [6, 6.07) is 0.310. The molecule has 0 fully saturated rings. The van der Waals surface area contributed by atoms with Crippen LogP contribution < -0.4 is 0 Å². The first-order chi connectivity index (χ1) is 7.41. The van der Waals surface area contributed by atoms with Crippen molar-refractivity contribution in [3.8, 4) is 0 Å². The number of hydrogen-bond donors (Lipinski definition) is 0. The van der Waals surface area contributed by atoms with Crippen molar-refractivity contribution in [1.82, 2.24) is 14.5 Å². The van der Waals surface area contributed by atoms with E-state index < -0.39 is 0 Å². The zero-order chi connectivity index (χ0) is 12.3. The average Bonchev–Trinajstić information content (AvgIpc) is 2.45. The minimum absolute atomic E-state index is 0.146. The van der Waals surface area contributed by atoms with Gasteiger partial charge in [0.15, 0.2) is 0 Å². The van der Waals surface area contributed by atoms with Gasteiger partial charge in [0.05, 0.1) is 0 Å². The molecule has 0 amide bonds. The average molecular weight is 225 g/mol. The molecule has 0 unspecified atom stereocenters. The molecule has 0 aliphatic carbocycles. The molecule has 1 aromatic rings.